The number of carbonyl (C=O) groups is 1. The Kier molecular flexibility index (Phi) is 3.42. The summed E-state index contributed by atoms with van der Waals surface area (Å²) < 4.78 is 5.64. The number of nitrogens with two attached hydrogens (primary N) is 1. The highest BCUT2D eigenvalue weighted by atomic mass is 16.5. The van der Waals surface area contributed by atoms with Crippen molar-refractivity contribution >= 4 is 5.91 Å². The molecule has 1 amide bonds. The van der Waals surface area contributed by atoms with E-state index >= 15 is 0 Å². The number of likely N-dealkylation sites (tertiary alicyclic amines) is 1. The Balaban J connectivity index is 1.59. The van der Waals surface area contributed by atoms with E-state index in [1.54, 1.807) is 0 Å². The average molecular weight is 260 g/mol. The first-order chi connectivity index (χ1) is 9.28. The molecule has 0 spiro atoms. The summed E-state index contributed by atoms with van der Waals surface area (Å²) in [6.45, 7) is 1.48. The summed E-state index contributed by atoms with van der Waals surface area (Å²) in [5, 5.41) is 0. The lowest BCUT2D eigenvalue weighted by molar-refractivity contribution is -0.135. The molecule has 102 valence electrons. The van der Waals surface area contributed by atoms with E-state index in [1.807, 2.05) is 29.2 Å². The van der Waals surface area contributed by atoms with E-state index < -0.39 is 0 Å². The van der Waals surface area contributed by atoms with Gasteiger partial charge in [0.1, 0.15) is 5.75 Å². The molecule has 1 aliphatic carbocycles. The summed E-state index contributed by atoms with van der Waals surface area (Å²) in [6, 6.07) is 8.09. The molecule has 2 unspecified atom stereocenters. The first-order valence-electron chi connectivity index (χ1n) is 6.98. The van der Waals surface area contributed by atoms with E-state index in [-0.39, 0.29) is 12.5 Å². The molecule has 2 bridgehead atoms. The van der Waals surface area contributed by atoms with Crippen molar-refractivity contribution in [2.45, 2.75) is 31.8 Å². The predicted molar refractivity (Wildman–Crippen MR) is 72.7 cm³/mol. The molecule has 2 N–H and O–H groups in total. The van der Waals surface area contributed by atoms with Crippen molar-refractivity contribution in [3.05, 3.63) is 29.8 Å². The number of benzene rings is 1. The van der Waals surface area contributed by atoms with Crippen LogP contribution >= 0.6 is 0 Å². The fraction of sp³-hybridized carbons (Fsp3) is 0.533. The second kappa shape index (κ2) is 5.21. The van der Waals surface area contributed by atoms with Gasteiger partial charge in [-0.3, -0.25) is 4.79 Å². The zero-order valence-corrected chi connectivity index (χ0v) is 11.0. The Bertz CT molecular complexity index is 475. The van der Waals surface area contributed by atoms with Crippen LogP contribution in [0.15, 0.2) is 24.3 Å². The first-order valence-corrected chi connectivity index (χ1v) is 6.98. The maximum atomic E-state index is 12.2. The van der Waals surface area contributed by atoms with Crippen LogP contribution in [0, 0.1) is 5.92 Å². The highest BCUT2D eigenvalue weighted by Gasteiger charge is 2.40. The number of nitrogens with zero attached hydrogens (tertiary/aromatic N) is 1. The van der Waals surface area contributed by atoms with Crippen LogP contribution in [0.2, 0.25) is 0 Å². The van der Waals surface area contributed by atoms with Gasteiger partial charge in [-0.2, -0.15) is 0 Å². The molecule has 4 heteroatoms. The highest BCUT2D eigenvalue weighted by Crippen LogP contribution is 2.37. The van der Waals surface area contributed by atoms with Crippen LogP contribution in [-0.2, 0) is 11.3 Å². The molecule has 2 atom stereocenters. The van der Waals surface area contributed by atoms with Gasteiger partial charge in [0, 0.05) is 24.7 Å². The van der Waals surface area contributed by atoms with Crippen molar-refractivity contribution in [3.8, 4) is 5.75 Å². The van der Waals surface area contributed by atoms with E-state index in [1.165, 1.54) is 12.8 Å². The van der Waals surface area contributed by atoms with Crippen LogP contribution < -0.4 is 10.5 Å². The van der Waals surface area contributed by atoms with Gasteiger partial charge in [-0.05, 0) is 31.2 Å². The fourth-order valence-electron chi connectivity index (χ4n) is 3.27. The van der Waals surface area contributed by atoms with Gasteiger partial charge in [0.2, 0.25) is 0 Å². The lowest BCUT2D eigenvalue weighted by Crippen LogP contribution is -2.40. The Morgan fingerprint density at radius 3 is 2.89 bits per heavy atom. The Hall–Kier alpha value is -1.55. The molecule has 1 saturated heterocycles. The molecule has 0 radical (unpaired) electrons. The van der Waals surface area contributed by atoms with E-state index in [4.69, 9.17) is 10.5 Å². The number of ether oxygens (including phenoxy) is 1. The van der Waals surface area contributed by atoms with E-state index in [2.05, 4.69) is 0 Å². The van der Waals surface area contributed by atoms with Crippen molar-refractivity contribution in [1.29, 1.82) is 0 Å². The Labute approximate surface area is 113 Å². The third-order valence-electron chi connectivity index (χ3n) is 4.27. The minimum Gasteiger partial charge on any atom is -0.483 e. The minimum atomic E-state index is 0.110. The zero-order valence-electron chi connectivity index (χ0n) is 11.0. The lowest BCUT2D eigenvalue weighted by Gasteiger charge is -2.27. The number of para-hydroxylation sites is 1. The number of rotatable bonds is 4. The topological polar surface area (TPSA) is 55.6 Å². The molecule has 1 aromatic carbocycles. The zero-order chi connectivity index (χ0) is 13.2. The summed E-state index contributed by atoms with van der Waals surface area (Å²) in [4.78, 5) is 14.2. The van der Waals surface area contributed by atoms with E-state index in [9.17, 15) is 4.79 Å². The van der Waals surface area contributed by atoms with Gasteiger partial charge in [0.05, 0.1) is 0 Å². The quantitative estimate of drug-likeness (QED) is 0.893. The van der Waals surface area contributed by atoms with Crippen molar-refractivity contribution in [2.75, 3.05) is 13.2 Å². The third kappa shape index (κ3) is 2.45. The van der Waals surface area contributed by atoms with Gasteiger partial charge >= 0.3 is 0 Å². The maximum Gasteiger partial charge on any atom is 0.260 e. The van der Waals surface area contributed by atoms with Crippen LogP contribution in [0.1, 0.15) is 24.8 Å². The first kappa shape index (κ1) is 12.5. The van der Waals surface area contributed by atoms with E-state index in [0.717, 1.165) is 30.2 Å². The van der Waals surface area contributed by atoms with Crippen LogP contribution in [0.4, 0.5) is 0 Å². The summed E-state index contributed by atoms with van der Waals surface area (Å²) in [6.07, 6.45) is 3.63. The summed E-state index contributed by atoms with van der Waals surface area (Å²) in [5.41, 5.74) is 6.60. The molecule has 1 saturated carbocycles. The number of piperidine rings is 1. The number of fused-ring (bicyclic) bond motifs is 2. The fourth-order valence-corrected chi connectivity index (χ4v) is 3.27. The van der Waals surface area contributed by atoms with Crippen LogP contribution in [0.25, 0.3) is 0 Å². The molecule has 1 aliphatic heterocycles. The number of amides is 1. The number of hydrogen-bond acceptors (Lipinski definition) is 3. The van der Waals surface area contributed by atoms with Gasteiger partial charge in [0.15, 0.2) is 6.61 Å². The molecular formula is C15H20N2O2. The SMILES string of the molecule is NCc1ccccc1OCC(=O)N1CC2CCC1C2. The van der Waals surface area contributed by atoms with Gasteiger partial charge < -0.3 is 15.4 Å². The molecule has 3 rings (SSSR count). The Morgan fingerprint density at radius 2 is 2.21 bits per heavy atom. The van der Waals surface area contributed by atoms with Crippen molar-refractivity contribution in [2.24, 2.45) is 11.7 Å². The van der Waals surface area contributed by atoms with Gasteiger partial charge in [-0.1, -0.05) is 18.2 Å². The van der Waals surface area contributed by atoms with Crippen LogP contribution in [0.5, 0.6) is 5.75 Å². The summed E-state index contributed by atoms with van der Waals surface area (Å²) in [7, 11) is 0. The summed E-state index contributed by atoms with van der Waals surface area (Å²) in [5.74, 6) is 1.56. The van der Waals surface area contributed by atoms with Gasteiger partial charge in [0.25, 0.3) is 5.91 Å². The average Bonchev–Trinajstić information content (AvgIpc) is 3.07. The number of carbonyl (C=O) groups excluding carboxylic acids is 1. The van der Waals surface area contributed by atoms with Crippen LogP contribution in [-0.4, -0.2) is 30.0 Å². The van der Waals surface area contributed by atoms with Crippen molar-refractivity contribution < 1.29 is 9.53 Å². The van der Waals surface area contributed by atoms with Crippen LogP contribution in [0.3, 0.4) is 0 Å². The van der Waals surface area contributed by atoms with E-state index in [0.29, 0.717) is 12.6 Å². The lowest BCUT2D eigenvalue weighted by atomic mass is 10.1. The number of hydrogen-bond donors (Lipinski definition) is 1. The van der Waals surface area contributed by atoms with Gasteiger partial charge in [-0.25, -0.2) is 0 Å². The summed E-state index contributed by atoms with van der Waals surface area (Å²) >= 11 is 0. The monoisotopic (exact) mass is 260 g/mol. The molecule has 2 fully saturated rings. The third-order valence-corrected chi connectivity index (χ3v) is 4.27. The maximum absolute atomic E-state index is 12.2. The minimum absolute atomic E-state index is 0.110. The second-order valence-corrected chi connectivity index (χ2v) is 5.48. The molecular weight excluding hydrogens is 240 g/mol. The predicted octanol–water partition coefficient (Wildman–Crippen LogP) is 1.53. The highest BCUT2D eigenvalue weighted by molar-refractivity contribution is 5.78. The molecule has 1 aromatic rings. The smallest absolute Gasteiger partial charge is 0.260 e. The molecule has 1 heterocycles. The molecule has 4 nitrogen and oxygen atoms in total. The van der Waals surface area contributed by atoms with Crippen molar-refractivity contribution in [3.63, 3.8) is 0 Å². The standard InChI is InChI=1S/C15H20N2O2/c16-8-12-3-1-2-4-14(12)19-10-15(18)17-9-11-5-6-13(17)7-11/h1-4,11,13H,5-10,16H2. The second-order valence-electron chi connectivity index (χ2n) is 5.48. The normalized spacial score (nSPS) is 24.8. The molecule has 2 aliphatic rings. The Morgan fingerprint density at radius 1 is 1.37 bits per heavy atom. The van der Waals surface area contributed by atoms with Gasteiger partial charge in [-0.15, -0.1) is 0 Å². The largest absolute Gasteiger partial charge is 0.483 e. The molecule has 19 heavy (non-hydrogen) atoms. The molecule has 0 aromatic heterocycles. The van der Waals surface area contributed by atoms with Crippen molar-refractivity contribution in [1.82, 2.24) is 4.90 Å².